The molecule has 0 atom stereocenters. The molecule has 164 valence electrons. The first-order valence-electron chi connectivity index (χ1n) is 10.1. The molecule has 1 heterocycles. The average Bonchev–Trinajstić information content (AvgIpc) is 2.79. The Morgan fingerprint density at radius 2 is 1.81 bits per heavy atom. The maximum Gasteiger partial charge on any atom is 0.244 e. The van der Waals surface area contributed by atoms with Crippen LogP contribution in [0.5, 0.6) is 11.5 Å². The highest BCUT2D eigenvalue weighted by Crippen LogP contribution is 2.30. The smallest absolute Gasteiger partial charge is 0.244 e. The fraction of sp³-hybridized carbons (Fsp3) is 0.348. The average molecular weight is 425 g/mol. The number of methoxy groups -OCH3 is 2. The largest absolute Gasteiger partial charge is 0.493 e. The number of nitrogens with one attached hydrogen (secondary N) is 1. The van der Waals surface area contributed by atoms with Crippen LogP contribution in [-0.2, 0) is 20.8 Å². The van der Waals surface area contributed by atoms with Crippen LogP contribution in [0.2, 0.25) is 0 Å². The third-order valence-corrected chi connectivity index (χ3v) is 5.23. The van der Waals surface area contributed by atoms with Crippen LogP contribution < -0.4 is 19.7 Å². The monoisotopic (exact) mass is 425 g/mol. The van der Waals surface area contributed by atoms with Crippen molar-refractivity contribution in [2.45, 2.75) is 19.3 Å². The first-order valence-corrected chi connectivity index (χ1v) is 10.1. The predicted octanol–water partition coefficient (Wildman–Crippen LogP) is 2.47. The third-order valence-electron chi connectivity index (χ3n) is 5.23. The molecular formula is C23H27N3O5. The van der Waals surface area contributed by atoms with Crippen molar-refractivity contribution in [1.29, 1.82) is 0 Å². The molecule has 1 aliphatic heterocycles. The van der Waals surface area contributed by atoms with Gasteiger partial charge in [0.1, 0.15) is 6.54 Å². The SMILES string of the molecule is COc1ccc(CCN(C)C(=O)CCC(=O)N2CC(=O)Nc3ccccc32)cc1OC. The van der Waals surface area contributed by atoms with Crippen molar-refractivity contribution in [3.05, 3.63) is 48.0 Å². The second kappa shape index (κ2) is 9.97. The topological polar surface area (TPSA) is 88.2 Å². The number of para-hydroxylation sites is 2. The lowest BCUT2D eigenvalue weighted by molar-refractivity contribution is -0.132. The molecule has 8 nitrogen and oxygen atoms in total. The molecule has 0 saturated carbocycles. The number of fused-ring (bicyclic) bond motifs is 1. The molecule has 0 aromatic heterocycles. The van der Waals surface area contributed by atoms with Gasteiger partial charge in [0.05, 0.1) is 25.6 Å². The predicted molar refractivity (Wildman–Crippen MR) is 118 cm³/mol. The lowest BCUT2D eigenvalue weighted by Crippen LogP contribution is -2.42. The van der Waals surface area contributed by atoms with E-state index in [0.29, 0.717) is 35.8 Å². The van der Waals surface area contributed by atoms with E-state index in [9.17, 15) is 14.4 Å². The molecule has 0 aliphatic carbocycles. The number of hydrogen-bond donors (Lipinski definition) is 1. The number of carbonyl (C=O) groups excluding carboxylic acids is 3. The van der Waals surface area contributed by atoms with Gasteiger partial charge < -0.3 is 24.6 Å². The number of likely N-dealkylation sites (N-methyl/N-ethyl adjacent to an activating group) is 1. The van der Waals surface area contributed by atoms with Gasteiger partial charge in [-0.15, -0.1) is 0 Å². The Morgan fingerprint density at radius 3 is 2.55 bits per heavy atom. The first kappa shape index (κ1) is 22.1. The zero-order valence-electron chi connectivity index (χ0n) is 18.0. The molecule has 0 bridgehead atoms. The van der Waals surface area contributed by atoms with Gasteiger partial charge in [-0.05, 0) is 36.2 Å². The van der Waals surface area contributed by atoms with Gasteiger partial charge in [-0.1, -0.05) is 18.2 Å². The fourth-order valence-electron chi connectivity index (χ4n) is 3.45. The van der Waals surface area contributed by atoms with Gasteiger partial charge >= 0.3 is 0 Å². The van der Waals surface area contributed by atoms with Crippen molar-refractivity contribution < 1.29 is 23.9 Å². The highest BCUT2D eigenvalue weighted by Gasteiger charge is 2.26. The molecule has 8 heteroatoms. The minimum Gasteiger partial charge on any atom is -0.493 e. The lowest BCUT2D eigenvalue weighted by Gasteiger charge is -2.29. The van der Waals surface area contributed by atoms with E-state index in [0.717, 1.165) is 5.56 Å². The van der Waals surface area contributed by atoms with Gasteiger partial charge in [-0.25, -0.2) is 0 Å². The standard InChI is InChI=1S/C23H27N3O5/c1-25(13-12-16-8-9-19(30-2)20(14-16)31-3)22(28)10-11-23(29)26-15-21(27)24-17-6-4-5-7-18(17)26/h4-9,14H,10-13,15H2,1-3H3,(H,24,27). The van der Waals surface area contributed by atoms with Crippen LogP contribution in [0.15, 0.2) is 42.5 Å². The van der Waals surface area contributed by atoms with E-state index >= 15 is 0 Å². The van der Waals surface area contributed by atoms with Gasteiger partial charge in [0.25, 0.3) is 0 Å². The summed E-state index contributed by atoms with van der Waals surface area (Å²) in [7, 11) is 4.88. The highest BCUT2D eigenvalue weighted by molar-refractivity contribution is 6.10. The Bertz CT molecular complexity index is 975. The third kappa shape index (κ3) is 5.33. The molecule has 2 aromatic rings. The van der Waals surface area contributed by atoms with Crippen molar-refractivity contribution >= 4 is 29.1 Å². The molecule has 0 unspecified atom stereocenters. The van der Waals surface area contributed by atoms with Gasteiger partial charge in [0, 0.05) is 26.4 Å². The molecule has 2 aromatic carbocycles. The summed E-state index contributed by atoms with van der Waals surface area (Å²) < 4.78 is 10.5. The number of rotatable bonds is 8. The lowest BCUT2D eigenvalue weighted by atomic mass is 10.1. The number of ether oxygens (including phenoxy) is 2. The molecule has 1 aliphatic rings. The Balaban J connectivity index is 1.52. The van der Waals surface area contributed by atoms with Crippen molar-refractivity contribution in [2.24, 2.45) is 0 Å². The summed E-state index contributed by atoms with van der Waals surface area (Å²) >= 11 is 0. The van der Waals surface area contributed by atoms with E-state index in [2.05, 4.69) is 5.32 Å². The molecule has 3 rings (SSSR count). The highest BCUT2D eigenvalue weighted by atomic mass is 16.5. The molecule has 0 radical (unpaired) electrons. The van der Waals surface area contributed by atoms with Crippen molar-refractivity contribution in [3.8, 4) is 11.5 Å². The Hall–Kier alpha value is -3.55. The number of benzene rings is 2. The first-order chi connectivity index (χ1) is 14.9. The van der Waals surface area contributed by atoms with Crippen molar-refractivity contribution in [3.63, 3.8) is 0 Å². The van der Waals surface area contributed by atoms with Crippen molar-refractivity contribution in [1.82, 2.24) is 4.90 Å². The molecule has 3 amide bonds. The van der Waals surface area contributed by atoms with Crippen molar-refractivity contribution in [2.75, 3.05) is 44.6 Å². The quantitative estimate of drug-likeness (QED) is 0.702. The van der Waals surface area contributed by atoms with Gasteiger partial charge in [0.15, 0.2) is 11.5 Å². The number of carbonyl (C=O) groups is 3. The van der Waals surface area contributed by atoms with Gasteiger partial charge in [-0.2, -0.15) is 0 Å². The summed E-state index contributed by atoms with van der Waals surface area (Å²) in [5.41, 5.74) is 2.27. The number of anilines is 2. The fourth-order valence-corrected chi connectivity index (χ4v) is 3.45. The van der Waals surface area contributed by atoms with Crippen LogP contribution in [0.25, 0.3) is 0 Å². The molecule has 0 saturated heterocycles. The van der Waals surface area contributed by atoms with Crippen LogP contribution in [0, 0.1) is 0 Å². The zero-order valence-corrected chi connectivity index (χ0v) is 18.0. The Labute approximate surface area is 181 Å². The van der Waals surface area contributed by atoms with Gasteiger partial charge in [-0.3, -0.25) is 14.4 Å². The zero-order chi connectivity index (χ0) is 22.4. The van der Waals surface area contributed by atoms with E-state index in [-0.39, 0.29) is 37.1 Å². The summed E-state index contributed by atoms with van der Waals surface area (Å²) in [6.45, 7) is 0.469. The molecular weight excluding hydrogens is 398 g/mol. The molecule has 1 N–H and O–H groups in total. The van der Waals surface area contributed by atoms with E-state index in [1.165, 1.54) is 4.90 Å². The normalized spacial score (nSPS) is 12.6. The van der Waals surface area contributed by atoms with Crippen LogP contribution in [0.4, 0.5) is 11.4 Å². The van der Waals surface area contributed by atoms with E-state index in [4.69, 9.17) is 9.47 Å². The second-order valence-corrected chi connectivity index (χ2v) is 7.30. The van der Waals surface area contributed by atoms with Crippen LogP contribution in [0.1, 0.15) is 18.4 Å². The summed E-state index contributed by atoms with van der Waals surface area (Å²) in [5.74, 6) is 0.686. The van der Waals surface area contributed by atoms with E-state index in [1.807, 2.05) is 24.3 Å². The van der Waals surface area contributed by atoms with E-state index in [1.54, 1.807) is 44.4 Å². The molecule has 0 fully saturated rings. The Kier molecular flexibility index (Phi) is 7.12. The maximum atomic E-state index is 12.7. The number of amides is 3. The summed E-state index contributed by atoms with van der Waals surface area (Å²) in [5, 5.41) is 2.75. The summed E-state index contributed by atoms with van der Waals surface area (Å²) in [4.78, 5) is 40.2. The van der Waals surface area contributed by atoms with E-state index < -0.39 is 0 Å². The van der Waals surface area contributed by atoms with Crippen LogP contribution >= 0.6 is 0 Å². The summed E-state index contributed by atoms with van der Waals surface area (Å²) in [6.07, 6.45) is 0.777. The summed E-state index contributed by atoms with van der Waals surface area (Å²) in [6, 6.07) is 12.8. The maximum absolute atomic E-state index is 12.7. The molecule has 31 heavy (non-hydrogen) atoms. The number of hydrogen-bond acceptors (Lipinski definition) is 5. The van der Waals surface area contributed by atoms with Crippen LogP contribution in [0.3, 0.4) is 0 Å². The minimum absolute atomic E-state index is 0.0425. The Morgan fingerprint density at radius 1 is 1.06 bits per heavy atom. The molecule has 0 spiro atoms. The van der Waals surface area contributed by atoms with Crippen LogP contribution in [-0.4, -0.2) is 57.0 Å². The minimum atomic E-state index is -0.246. The second-order valence-electron chi connectivity index (χ2n) is 7.30. The number of nitrogens with zero attached hydrogens (tertiary/aromatic N) is 2. The van der Waals surface area contributed by atoms with Gasteiger partial charge in [0.2, 0.25) is 17.7 Å².